The van der Waals surface area contributed by atoms with Gasteiger partial charge in [-0.3, -0.25) is 19.0 Å². The fraction of sp³-hybridized carbons (Fsp3) is 0.250. The third-order valence-corrected chi connectivity index (χ3v) is 6.11. The molecule has 4 rings (SSSR count). The molecule has 1 atom stereocenters. The first-order chi connectivity index (χ1) is 17.3. The number of benzene rings is 2. The van der Waals surface area contributed by atoms with Gasteiger partial charge >= 0.3 is 5.88 Å². The van der Waals surface area contributed by atoms with Crippen molar-refractivity contribution in [3.8, 4) is 0 Å². The SMILES string of the molecule is CCN1C(=O)C(CC(=O)Nc2ccc(F)cc2)N(Cc2c(/N=C(\[O-])c3ccccc3)on[n+]2C)C1=S. The van der Waals surface area contributed by atoms with Crippen LogP contribution in [0.4, 0.5) is 16.0 Å². The minimum Gasteiger partial charge on any atom is -0.858 e. The largest absolute Gasteiger partial charge is 0.858 e. The van der Waals surface area contributed by atoms with Crippen LogP contribution in [0.1, 0.15) is 24.6 Å². The minimum atomic E-state index is -0.898. The van der Waals surface area contributed by atoms with Crippen molar-refractivity contribution in [2.24, 2.45) is 12.0 Å². The number of aliphatic imine (C=N–C) groups is 1. The number of halogens is 1. The Morgan fingerprint density at radius 1 is 1.25 bits per heavy atom. The Hall–Kier alpha value is -4.19. The van der Waals surface area contributed by atoms with Crippen molar-refractivity contribution in [1.82, 2.24) is 15.1 Å². The van der Waals surface area contributed by atoms with Crippen molar-refractivity contribution in [3.05, 3.63) is 71.7 Å². The molecule has 2 amide bonds. The summed E-state index contributed by atoms with van der Waals surface area (Å²) in [5, 5.41) is 19.3. The molecule has 1 saturated heterocycles. The number of thiocarbonyl (C=S) groups is 1. The zero-order valence-corrected chi connectivity index (χ0v) is 20.4. The van der Waals surface area contributed by atoms with Crippen LogP contribution < -0.4 is 15.1 Å². The molecule has 0 radical (unpaired) electrons. The second kappa shape index (κ2) is 10.6. The molecular formula is C24H23FN6O4S. The van der Waals surface area contributed by atoms with Gasteiger partial charge in [0.1, 0.15) is 18.4 Å². The smallest absolute Gasteiger partial charge is 0.325 e. The zero-order chi connectivity index (χ0) is 25.8. The van der Waals surface area contributed by atoms with Gasteiger partial charge in [0.15, 0.2) is 12.2 Å². The van der Waals surface area contributed by atoms with Crippen LogP contribution in [0, 0.1) is 5.82 Å². The first-order valence-electron chi connectivity index (χ1n) is 11.1. The predicted octanol–water partition coefficient (Wildman–Crippen LogP) is 1.42. The number of nitrogens with one attached hydrogen (secondary N) is 1. The summed E-state index contributed by atoms with van der Waals surface area (Å²) in [5.74, 6) is -1.73. The van der Waals surface area contributed by atoms with Crippen LogP contribution in [0.5, 0.6) is 0 Å². The molecule has 2 heterocycles. The van der Waals surface area contributed by atoms with Crippen LogP contribution in [0.2, 0.25) is 0 Å². The van der Waals surface area contributed by atoms with Crippen LogP contribution in [-0.4, -0.2) is 50.5 Å². The Bertz CT molecular complexity index is 1310. The van der Waals surface area contributed by atoms with E-state index in [-0.39, 0.29) is 29.9 Å². The number of rotatable bonds is 8. The number of anilines is 1. The van der Waals surface area contributed by atoms with E-state index >= 15 is 0 Å². The van der Waals surface area contributed by atoms with E-state index in [1.165, 1.54) is 33.8 Å². The first kappa shape index (κ1) is 24.9. The molecule has 1 aromatic heterocycles. The second-order valence-corrected chi connectivity index (χ2v) is 8.36. The Balaban J connectivity index is 1.58. The minimum absolute atomic E-state index is 0.0222. The van der Waals surface area contributed by atoms with E-state index in [0.29, 0.717) is 23.5 Å². The van der Waals surface area contributed by atoms with Crippen LogP contribution in [0.15, 0.2) is 64.1 Å². The Labute approximate surface area is 211 Å². The lowest BCUT2D eigenvalue weighted by molar-refractivity contribution is -0.746. The van der Waals surface area contributed by atoms with Crippen molar-refractivity contribution >= 4 is 46.6 Å². The number of carbonyl (C=O) groups is 2. The van der Waals surface area contributed by atoms with Crippen LogP contribution in [-0.2, 0) is 23.2 Å². The van der Waals surface area contributed by atoms with Gasteiger partial charge in [0.05, 0.1) is 6.42 Å². The quantitative estimate of drug-likeness (QED) is 0.211. The number of nitrogens with zero attached hydrogens (tertiary/aromatic N) is 5. The summed E-state index contributed by atoms with van der Waals surface area (Å²) in [7, 11) is 1.61. The summed E-state index contributed by atoms with van der Waals surface area (Å²) in [4.78, 5) is 32.9. The van der Waals surface area contributed by atoms with Crippen LogP contribution >= 0.6 is 12.2 Å². The van der Waals surface area contributed by atoms with Gasteiger partial charge in [-0.2, -0.15) is 0 Å². The number of aryl methyl sites for hydroxylation is 1. The van der Waals surface area contributed by atoms with Crippen molar-refractivity contribution < 1.29 is 28.3 Å². The predicted molar refractivity (Wildman–Crippen MR) is 129 cm³/mol. The summed E-state index contributed by atoms with van der Waals surface area (Å²) in [6, 6.07) is 12.9. The van der Waals surface area contributed by atoms with Gasteiger partial charge in [-0.15, -0.1) is 0 Å². The van der Waals surface area contributed by atoms with Gasteiger partial charge in [0.25, 0.3) is 11.6 Å². The van der Waals surface area contributed by atoms with E-state index in [4.69, 9.17) is 16.7 Å². The third-order valence-electron chi connectivity index (χ3n) is 5.66. The molecule has 1 fully saturated rings. The van der Waals surface area contributed by atoms with Gasteiger partial charge in [-0.25, -0.2) is 9.38 Å². The lowest BCUT2D eigenvalue weighted by Gasteiger charge is -2.21. The van der Waals surface area contributed by atoms with E-state index in [1.54, 1.807) is 49.2 Å². The van der Waals surface area contributed by atoms with Crippen molar-refractivity contribution in [1.29, 1.82) is 0 Å². The highest BCUT2D eigenvalue weighted by atomic mass is 32.1. The summed E-state index contributed by atoms with van der Waals surface area (Å²) in [6.45, 7) is 2.13. The van der Waals surface area contributed by atoms with E-state index < -0.39 is 23.7 Å². The highest BCUT2D eigenvalue weighted by Crippen LogP contribution is 2.26. The molecule has 0 spiro atoms. The standard InChI is InChI=1S/C24H23FN6O4S/c1-3-30-23(34)18(13-20(32)26-17-11-9-16(25)10-12-17)31(24(30)36)14-19-22(35-28-29(19)2)27-21(33)15-7-5-4-6-8-15/h4-12,18H,3,13-14H2,1-2H3,(H-,26,27,28,32,33). The van der Waals surface area contributed by atoms with Crippen molar-refractivity contribution in [2.45, 2.75) is 25.9 Å². The highest BCUT2D eigenvalue weighted by molar-refractivity contribution is 7.80. The molecular weight excluding hydrogens is 487 g/mol. The number of hydrogen-bond acceptors (Lipinski definition) is 7. The van der Waals surface area contributed by atoms with Crippen molar-refractivity contribution in [2.75, 3.05) is 11.9 Å². The number of likely N-dealkylation sites (N-methyl/N-ethyl adjacent to an activating group) is 1. The van der Waals surface area contributed by atoms with Gasteiger partial charge in [-0.1, -0.05) is 30.3 Å². The normalized spacial score (nSPS) is 16.1. The molecule has 2 aromatic carbocycles. The molecule has 0 aliphatic carbocycles. The van der Waals surface area contributed by atoms with Crippen LogP contribution in [0.3, 0.4) is 0 Å². The monoisotopic (exact) mass is 510 g/mol. The lowest BCUT2D eigenvalue weighted by atomic mass is 10.1. The van der Waals surface area contributed by atoms with E-state index in [9.17, 15) is 19.1 Å². The third kappa shape index (κ3) is 5.23. The highest BCUT2D eigenvalue weighted by Gasteiger charge is 2.44. The maximum absolute atomic E-state index is 13.2. The molecule has 1 unspecified atom stereocenters. The zero-order valence-electron chi connectivity index (χ0n) is 19.6. The summed E-state index contributed by atoms with van der Waals surface area (Å²) in [5.41, 5.74) is 1.18. The average molecular weight is 511 g/mol. The molecule has 3 aromatic rings. The molecule has 0 saturated carbocycles. The van der Waals surface area contributed by atoms with Crippen LogP contribution in [0.25, 0.3) is 0 Å². The van der Waals surface area contributed by atoms with Crippen molar-refractivity contribution in [3.63, 3.8) is 0 Å². The van der Waals surface area contributed by atoms with E-state index in [0.717, 1.165) is 0 Å². The molecule has 1 aliphatic rings. The fourth-order valence-corrected chi connectivity index (χ4v) is 4.19. The summed E-state index contributed by atoms with van der Waals surface area (Å²) in [6.07, 6.45) is -0.197. The van der Waals surface area contributed by atoms with E-state index in [2.05, 4.69) is 15.6 Å². The number of aromatic nitrogens is 2. The molecule has 1 N–H and O–H groups in total. The summed E-state index contributed by atoms with van der Waals surface area (Å²) < 4.78 is 19.8. The molecule has 0 bridgehead atoms. The lowest BCUT2D eigenvalue weighted by Crippen LogP contribution is -2.42. The van der Waals surface area contributed by atoms with Gasteiger partial charge in [0.2, 0.25) is 11.2 Å². The average Bonchev–Trinajstić information content (AvgIpc) is 3.32. The topological polar surface area (TPSA) is 118 Å². The Kier molecular flexibility index (Phi) is 7.34. The molecule has 12 heteroatoms. The first-order valence-corrected chi connectivity index (χ1v) is 11.5. The molecule has 186 valence electrons. The fourth-order valence-electron chi connectivity index (χ4n) is 3.78. The number of hydrogen-bond donors (Lipinski definition) is 1. The maximum atomic E-state index is 13.2. The molecule has 36 heavy (non-hydrogen) atoms. The van der Waals surface area contributed by atoms with Gasteiger partial charge < -0.3 is 15.3 Å². The maximum Gasteiger partial charge on any atom is 0.325 e. The Morgan fingerprint density at radius 2 is 1.94 bits per heavy atom. The van der Waals surface area contributed by atoms with Gasteiger partial charge in [-0.05, 0) is 59.6 Å². The second-order valence-electron chi connectivity index (χ2n) is 8.00. The summed E-state index contributed by atoms with van der Waals surface area (Å²) >= 11 is 5.54. The Morgan fingerprint density at radius 3 is 2.61 bits per heavy atom. The number of carbonyl (C=O) groups excluding carboxylic acids is 2. The van der Waals surface area contributed by atoms with Gasteiger partial charge in [0, 0.05) is 12.2 Å². The molecule has 1 aliphatic heterocycles. The number of amides is 2. The van der Waals surface area contributed by atoms with E-state index in [1.807, 2.05) is 0 Å². The molecule has 10 nitrogen and oxygen atoms in total.